The van der Waals surface area contributed by atoms with Crippen LogP contribution in [0, 0.1) is 0 Å². The fourth-order valence-electron chi connectivity index (χ4n) is 3.27. The molecule has 1 amide bonds. The number of hydrogen-bond acceptors (Lipinski definition) is 4. The van der Waals surface area contributed by atoms with Crippen molar-refractivity contribution in [3.8, 4) is 16.9 Å². The van der Waals surface area contributed by atoms with Crippen molar-refractivity contribution < 1.29 is 17.4 Å². The van der Waals surface area contributed by atoms with Crippen LogP contribution in [-0.2, 0) is 16.7 Å². The molecule has 0 fully saturated rings. The molecule has 0 radical (unpaired) electrons. The molecule has 0 aliphatic rings. The Hall–Kier alpha value is -3.12. The molecular weight excluding hydrogens is 410 g/mol. The van der Waals surface area contributed by atoms with Gasteiger partial charge in [0, 0.05) is 18.2 Å². The van der Waals surface area contributed by atoms with Gasteiger partial charge >= 0.3 is 10.1 Å². The minimum absolute atomic E-state index is 0.0366. The Morgan fingerprint density at radius 3 is 2.03 bits per heavy atom. The van der Waals surface area contributed by atoms with Gasteiger partial charge in [-0.1, -0.05) is 61.5 Å². The highest BCUT2D eigenvalue weighted by molar-refractivity contribution is 7.86. The van der Waals surface area contributed by atoms with Crippen LogP contribution in [0.2, 0.25) is 0 Å². The number of hydrogen-bond donors (Lipinski definition) is 0. The average molecular weight is 438 g/mol. The number of carbonyl (C=O) groups excluding carboxylic acids is 1. The van der Waals surface area contributed by atoms with Gasteiger partial charge < -0.3 is 9.08 Å². The maximum atomic E-state index is 13.3. The summed E-state index contributed by atoms with van der Waals surface area (Å²) in [5, 5.41) is 0. The summed E-state index contributed by atoms with van der Waals surface area (Å²) in [4.78, 5) is 15.1. The van der Waals surface area contributed by atoms with Gasteiger partial charge in [-0.05, 0) is 54.3 Å². The van der Waals surface area contributed by atoms with Crippen molar-refractivity contribution in [2.75, 3.05) is 6.26 Å². The van der Waals surface area contributed by atoms with Gasteiger partial charge in [-0.3, -0.25) is 4.79 Å². The topological polar surface area (TPSA) is 63.7 Å². The van der Waals surface area contributed by atoms with Crippen molar-refractivity contribution in [2.24, 2.45) is 0 Å². The molecule has 0 saturated heterocycles. The standard InChI is InChI=1S/C25H27NO4S/c1-4-19(2)26(18-20-10-16-24(17-11-20)30-31(3,28)29)25(27)23-14-12-22(13-15-23)21-8-6-5-7-9-21/h5-17,19H,4,18H2,1-3H3/t19-/m0/s1. The lowest BCUT2D eigenvalue weighted by Gasteiger charge is -2.29. The molecule has 0 bridgehead atoms. The Morgan fingerprint density at radius 2 is 1.48 bits per heavy atom. The van der Waals surface area contributed by atoms with E-state index in [4.69, 9.17) is 4.18 Å². The maximum absolute atomic E-state index is 13.3. The van der Waals surface area contributed by atoms with Gasteiger partial charge in [-0.15, -0.1) is 0 Å². The molecule has 162 valence electrons. The molecular formula is C25H27NO4S. The largest absolute Gasteiger partial charge is 0.383 e. The van der Waals surface area contributed by atoms with Crippen LogP contribution in [0.4, 0.5) is 0 Å². The summed E-state index contributed by atoms with van der Waals surface area (Å²) in [5.74, 6) is 0.217. The molecule has 3 aromatic carbocycles. The van der Waals surface area contributed by atoms with Crippen molar-refractivity contribution >= 4 is 16.0 Å². The van der Waals surface area contributed by atoms with Gasteiger partial charge in [0.05, 0.1) is 6.26 Å². The van der Waals surface area contributed by atoms with E-state index in [1.54, 1.807) is 24.3 Å². The molecule has 6 heteroatoms. The molecule has 0 heterocycles. The van der Waals surface area contributed by atoms with Crippen LogP contribution in [0.3, 0.4) is 0 Å². The molecule has 5 nitrogen and oxygen atoms in total. The van der Waals surface area contributed by atoms with E-state index in [-0.39, 0.29) is 17.7 Å². The predicted octanol–water partition coefficient (Wildman–Crippen LogP) is 5.13. The first kappa shape index (κ1) is 22.6. The van der Waals surface area contributed by atoms with E-state index in [0.717, 1.165) is 29.4 Å². The number of benzene rings is 3. The van der Waals surface area contributed by atoms with Crippen LogP contribution in [0.25, 0.3) is 11.1 Å². The summed E-state index contributed by atoms with van der Waals surface area (Å²) in [7, 11) is -3.57. The van der Waals surface area contributed by atoms with Gasteiger partial charge in [-0.2, -0.15) is 8.42 Å². The molecule has 3 rings (SSSR count). The summed E-state index contributed by atoms with van der Waals surface area (Å²) in [6, 6.07) is 24.5. The summed E-state index contributed by atoms with van der Waals surface area (Å²) in [6.07, 6.45) is 1.83. The zero-order valence-corrected chi connectivity index (χ0v) is 18.8. The van der Waals surface area contributed by atoms with E-state index in [1.165, 1.54) is 0 Å². The lowest BCUT2D eigenvalue weighted by atomic mass is 10.0. The molecule has 0 spiro atoms. The molecule has 0 saturated carbocycles. The highest BCUT2D eigenvalue weighted by Gasteiger charge is 2.21. The molecule has 31 heavy (non-hydrogen) atoms. The fraction of sp³-hybridized carbons (Fsp3) is 0.240. The maximum Gasteiger partial charge on any atom is 0.306 e. The van der Waals surface area contributed by atoms with Gasteiger partial charge in [0.1, 0.15) is 5.75 Å². The van der Waals surface area contributed by atoms with Gasteiger partial charge in [0.15, 0.2) is 0 Å². The van der Waals surface area contributed by atoms with Gasteiger partial charge in [0.25, 0.3) is 5.91 Å². The van der Waals surface area contributed by atoms with Crippen molar-refractivity contribution in [3.63, 3.8) is 0 Å². The third kappa shape index (κ3) is 6.18. The quantitative estimate of drug-likeness (QED) is 0.458. The molecule has 0 aliphatic heterocycles. The van der Waals surface area contributed by atoms with Crippen LogP contribution in [-0.4, -0.2) is 31.5 Å². The number of rotatable bonds is 8. The Kier molecular flexibility index (Phi) is 7.13. The summed E-state index contributed by atoms with van der Waals surface area (Å²) in [5.41, 5.74) is 3.71. The summed E-state index contributed by atoms with van der Waals surface area (Å²) < 4.78 is 27.4. The molecule has 0 aromatic heterocycles. The molecule has 0 N–H and O–H groups in total. The molecule has 3 aromatic rings. The van der Waals surface area contributed by atoms with Gasteiger partial charge in [0.2, 0.25) is 0 Å². The monoisotopic (exact) mass is 437 g/mol. The highest BCUT2D eigenvalue weighted by Crippen LogP contribution is 2.22. The Morgan fingerprint density at radius 1 is 0.903 bits per heavy atom. The van der Waals surface area contributed by atoms with E-state index in [1.807, 2.05) is 73.3 Å². The lowest BCUT2D eigenvalue weighted by Crippen LogP contribution is -2.37. The third-order valence-corrected chi connectivity index (χ3v) is 5.64. The fourth-order valence-corrected chi connectivity index (χ4v) is 3.73. The first-order valence-corrected chi connectivity index (χ1v) is 12.0. The smallest absolute Gasteiger partial charge is 0.306 e. The van der Waals surface area contributed by atoms with Crippen LogP contribution < -0.4 is 4.18 Å². The minimum atomic E-state index is -3.57. The van der Waals surface area contributed by atoms with Crippen molar-refractivity contribution in [1.29, 1.82) is 0 Å². The summed E-state index contributed by atoms with van der Waals surface area (Å²) in [6.45, 7) is 4.50. The molecule has 0 unspecified atom stereocenters. The first-order chi connectivity index (χ1) is 14.8. The minimum Gasteiger partial charge on any atom is -0.383 e. The van der Waals surface area contributed by atoms with Crippen LogP contribution in [0.15, 0.2) is 78.9 Å². The van der Waals surface area contributed by atoms with Crippen molar-refractivity contribution in [1.82, 2.24) is 4.90 Å². The first-order valence-electron chi connectivity index (χ1n) is 10.2. The number of amides is 1. The van der Waals surface area contributed by atoms with E-state index in [2.05, 4.69) is 0 Å². The molecule has 0 aliphatic carbocycles. The Labute approximate surface area is 184 Å². The average Bonchev–Trinajstić information content (AvgIpc) is 2.77. The van der Waals surface area contributed by atoms with Crippen LogP contribution >= 0.6 is 0 Å². The van der Waals surface area contributed by atoms with Crippen LogP contribution in [0.1, 0.15) is 36.2 Å². The summed E-state index contributed by atoms with van der Waals surface area (Å²) >= 11 is 0. The Bertz CT molecular complexity index is 1110. The number of carbonyl (C=O) groups is 1. The predicted molar refractivity (Wildman–Crippen MR) is 123 cm³/mol. The van der Waals surface area contributed by atoms with Crippen LogP contribution in [0.5, 0.6) is 5.75 Å². The normalized spacial score (nSPS) is 12.2. The van der Waals surface area contributed by atoms with Crippen molar-refractivity contribution in [3.05, 3.63) is 90.0 Å². The molecule has 1 atom stereocenters. The van der Waals surface area contributed by atoms with E-state index >= 15 is 0 Å². The second kappa shape index (κ2) is 9.79. The second-order valence-electron chi connectivity index (χ2n) is 7.57. The zero-order chi connectivity index (χ0) is 22.4. The van der Waals surface area contributed by atoms with E-state index in [9.17, 15) is 13.2 Å². The highest BCUT2D eigenvalue weighted by atomic mass is 32.2. The third-order valence-electron chi connectivity index (χ3n) is 5.15. The Balaban J connectivity index is 1.78. The zero-order valence-electron chi connectivity index (χ0n) is 18.0. The van der Waals surface area contributed by atoms with E-state index < -0.39 is 10.1 Å². The number of nitrogens with zero attached hydrogens (tertiary/aromatic N) is 1. The van der Waals surface area contributed by atoms with Crippen molar-refractivity contribution in [2.45, 2.75) is 32.9 Å². The SMILES string of the molecule is CC[C@H](C)N(Cc1ccc(OS(C)(=O)=O)cc1)C(=O)c1ccc(-c2ccccc2)cc1. The van der Waals surface area contributed by atoms with Gasteiger partial charge in [-0.25, -0.2) is 0 Å². The lowest BCUT2D eigenvalue weighted by molar-refractivity contribution is 0.0671. The van der Waals surface area contributed by atoms with E-state index in [0.29, 0.717) is 12.1 Å². The second-order valence-corrected chi connectivity index (χ2v) is 9.14.